The second-order valence-corrected chi connectivity index (χ2v) is 8.18. The van der Waals surface area contributed by atoms with Gasteiger partial charge in [-0.25, -0.2) is 9.97 Å². The van der Waals surface area contributed by atoms with Crippen LogP contribution in [-0.4, -0.2) is 28.2 Å². The molecular formula is C20H16Cl2N4O2S. The zero-order chi connectivity index (χ0) is 20.2. The van der Waals surface area contributed by atoms with Gasteiger partial charge in [0.1, 0.15) is 12.1 Å². The van der Waals surface area contributed by atoms with Crippen molar-refractivity contribution in [2.45, 2.75) is 6.42 Å². The van der Waals surface area contributed by atoms with Crippen LogP contribution in [0, 0.1) is 0 Å². The molecule has 1 saturated heterocycles. The standard InChI is InChI=1S/C20H16Cl2N4O2S/c21-13-8-14(10-16(9-13)28-19-4-5-23-12-24-19)25-20(27)17-11-15(2-3-18(17)22)26-6-1-7-29-26/h2-5,8-12H,1,6-7H2,(H,25,27). The number of amides is 1. The summed E-state index contributed by atoms with van der Waals surface area (Å²) in [7, 11) is 0. The van der Waals surface area contributed by atoms with E-state index in [1.54, 1.807) is 54.5 Å². The number of hydrogen-bond donors (Lipinski definition) is 1. The van der Waals surface area contributed by atoms with Gasteiger partial charge in [0.05, 0.1) is 10.6 Å². The van der Waals surface area contributed by atoms with Crippen LogP contribution in [0.3, 0.4) is 0 Å². The maximum absolute atomic E-state index is 12.9. The average Bonchev–Trinajstić information content (AvgIpc) is 3.23. The van der Waals surface area contributed by atoms with Crippen molar-refractivity contribution in [2.75, 3.05) is 21.9 Å². The summed E-state index contributed by atoms with van der Waals surface area (Å²) in [5.74, 6) is 1.57. The molecule has 1 aliphatic rings. The summed E-state index contributed by atoms with van der Waals surface area (Å²) in [6.07, 6.45) is 4.08. The Kier molecular flexibility index (Phi) is 6.08. The van der Waals surface area contributed by atoms with E-state index < -0.39 is 0 Å². The largest absolute Gasteiger partial charge is 0.439 e. The molecule has 1 N–H and O–H groups in total. The first-order valence-corrected chi connectivity index (χ1v) is 10.5. The molecule has 1 aromatic heterocycles. The number of nitrogens with one attached hydrogen (secondary N) is 1. The van der Waals surface area contributed by atoms with Crippen LogP contribution in [0.25, 0.3) is 0 Å². The smallest absolute Gasteiger partial charge is 0.257 e. The zero-order valence-electron chi connectivity index (χ0n) is 15.1. The SMILES string of the molecule is O=C(Nc1cc(Cl)cc(Oc2ccncn2)c1)c1cc(N2CCCS2)ccc1Cl. The molecule has 0 spiro atoms. The zero-order valence-corrected chi connectivity index (χ0v) is 17.5. The highest BCUT2D eigenvalue weighted by molar-refractivity contribution is 8.00. The minimum Gasteiger partial charge on any atom is -0.439 e. The normalized spacial score (nSPS) is 13.4. The topological polar surface area (TPSA) is 67.3 Å². The van der Waals surface area contributed by atoms with Crippen LogP contribution in [0.1, 0.15) is 16.8 Å². The van der Waals surface area contributed by atoms with Crippen LogP contribution in [0.5, 0.6) is 11.6 Å². The number of halogens is 2. The summed E-state index contributed by atoms with van der Waals surface area (Å²) in [4.78, 5) is 20.7. The van der Waals surface area contributed by atoms with Crippen molar-refractivity contribution in [3.63, 3.8) is 0 Å². The second kappa shape index (κ2) is 8.90. The van der Waals surface area contributed by atoms with Crippen molar-refractivity contribution >= 4 is 52.4 Å². The van der Waals surface area contributed by atoms with E-state index in [0.29, 0.717) is 32.9 Å². The molecule has 148 valence electrons. The van der Waals surface area contributed by atoms with Gasteiger partial charge in [0.25, 0.3) is 5.91 Å². The summed E-state index contributed by atoms with van der Waals surface area (Å²) in [5.41, 5.74) is 1.85. The Hall–Kier alpha value is -2.48. The van der Waals surface area contributed by atoms with E-state index in [1.807, 2.05) is 6.07 Å². The third-order valence-corrected chi connectivity index (χ3v) is 5.87. The number of ether oxygens (including phenoxy) is 1. The summed E-state index contributed by atoms with van der Waals surface area (Å²) in [6.45, 7) is 0.950. The van der Waals surface area contributed by atoms with Gasteiger partial charge in [0, 0.05) is 47.0 Å². The Bertz CT molecular complexity index is 1030. The first-order valence-electron chi connectivity index (χ1n) is 8.84. The maximum Gasteiger partial charge on any atom is 0.257 e. The van der Waals surface area contributed by atoms with Gasteiger partial charge in [0.2, 0.25) is 5.88 Å². The molecule has 9 heteroatoms. The summed E-state index contributed by atoms with van der Waals surface area (Å²) in [5, 5.41) is 3.64. The number of anilines is 2. The minimum atomic E-state index is -0.323. The molecule has 4 rings (SSSR count). The highest BCUT2D eigenvalue weighted by atomic mass is 35.5. The van der Waals surface area contributed by atoms with Crippen molar-refractivity contribution in [2.24, 2.45) is 0 Å². The van der Waals surface area contributed by atoms with E-state index >= 15 is 0 Å². The molecule has 6 nitrogen and oxygen atoms in total. The van der Waals surface area contributed by atoms with Crippen LogP contribution in [0.2, 0.25) is 10.0 Å². The van der Waals surface area contributed by atoms with Crippen molar-refractivity contribution in [3.8, 4) is 11.6 Å². The van der Waals surface area contributed by atoms with E-state index in [0.717, 1.165) is 24.4 Å². The van der Waals surface area contributed by atoms with Gasteiger partial charge in [-0.05, 0) is 48.7 Å². The Morgan fingerprint density at radius 3 is 2.83 bits per heavy atom. The average molecular weight is 447 g/mol. The van der Waals surface area contributed by atoms with Gasteiger partial charge >= 0.3 is 0 Å². The van der Waals surface area contributed by atoms with E-state index in [1.165, 1.54) is 6.33 Å². The fraction of sp³-hybridized carbons (Fsp3) is 0.150. The molecule has 0 saturated carbocycles. The fourth-order valence-corrected chi connectivity index (χ4v) is 4.27. The Balaban J connectivity index is 1.54. The Morgan fingerprint density at radius 2 is 2.07 bits per heavy atom. The first-order chi connectivity index (χ1) is 14.1. The first kappa shape index (κ1) is 19.8. The highest BCUT2D eigenvalue weighted by Gasteiger charge is 2.18. The number of carbonyl (C=O) groups excluding carboxylic acids is 1. The molecule has 1 amide bonds. The maximum atomic E-state index is 12.9. The number of carbonyl (C=O) groups is 1. The summed E-state index contributed by atoms with van der Waals surface area (Å²) in [6, 6.07) is 12.0. The van der Waals surface area contributed by atoms with E-state index in [9.17, 15) is 4.79 Å². The molecule has 1 aliphatic heterocycles. The third-order valence-electron chi connectivity index (χ3n) is 4.14. The lowest BCUT2D eigenvalue weighted by atomic mass is 10.1. The predicted molar refractivity (Wildman–Crippen MR) is 117 cm³/mol. The van der Waals surface area contributed by atoms with Crippen LogP contribution in [-0.2, 0) is 0 Å². The van der Waals surface area contributed by atoms with Crippen molar-refractivity contribution in [1.29, 1.82) is 0 Å². The number of benzene rings is 2. The predicted octanol–water partition coefficient (Wildman–Crippen LogP) is 5.69. The van der Waals surface area contributed by atoms with Crippen LogP contribution in [0.15, 0.2) is 55.0 Å². The van der Waals surface area contributed by atoms with Crippen molar-refractivity contribution in [3.05, 3.63) is 70.6 Å². The quantitative estimate of drug-likeness (QED) is 0.507. The van der Waals surface area contributed by atoms with Gasteiger partial charge in [-0.1, -0.05) is 23.2 Å². The summed E-state index contributed by atoms with van der Waals surface area (Å²) >= 11 is 14.2. The molecule has 2 aromatic carbocycles. The lowest BCUT2D eigenvalue weighted by molar-refractivity contribution is 0.102. The molecule has 0 unspecified atom stereocenters. The monoisotopic (exact) mass is 446 g/mol. The molecule has 0 radical (unpaired) electrons. The van der Waals surface area contributed by atoms with E-state index in [-0.39, 0.29) is 5.91 Å². The lowest BCUT2D eigenvalue weighted by Crippen LogP contribution is -2.15. The van der Waals surface area contributed by atoms with Gasteiger partial charge in [-0.15, -0.1) is 0 Å². The van der Waals surface area contributed by atoms with E-state index in [2.05, 4.69) is 19.6 Å². The van der Waals surface area contributed by atoms with E-state index in [4.69, 9.17) is 27.9 Å². The van der Waals surface area contributed by atoms with Gasteiger partial charge < -0.3 is 14.4 Å². The van der Waals surface area contributed by atoms with Crippen LogP contribution >= 0.6 is 35.1 Å². The minimum absolute atomic E-state index is 0.323. The molecule has 0 aliphatic carbocycles. The van der Waals surface area contributed by atoms with Gasteiger partial charge in [0.15, 0.2) is 0 Å². The van der Waals surface area contributed by atoms with Gasteiger partial charge in [-0.3, -0.25) is 4.79 Å². The Labute approximate surface area is 182 Å². The molecular weight excluding hydrogens is 431 g/mol. The molecule has 0 bridgehead atoms. The van der Waals surface area contributed by atoms with Crippen LogP contribution < -0.4 is 14.4 Å². The summed E-state index contributed by atoms with van der Waals surface area (Å²) < 4.78 is 7.84. The number of nitrogens with zero attached hydrogens (tertiary/aromatic N) is 3. The molecule has 0 atom stereocenters. The Morgan fingerprint density at radius 1 is 1.17 bits per heavy atom. The number of rotatable bonds is 5. The third kappa shape index (κ3) is 4.93. The molecule has 3 aromatic rings. The van der Waals surface area contributed by atoms with Crippen LogP contribution in [0.4, 0.5) is 11.4 Å². The van der Waals surface area contributed by atoms with Crippen molar-refractivity contribution in [1.82, 2.24) is 9.97 Å². The molecule has 2 heterocycles. The lowest BCUT2D eigenvalue weighted by Gasteiger charge is -2.17. The number of aromatic nitrogens is 2. The molecule has 29 heavy (non-hydrogen) atoms. The number of hydrogen-bond acceptors (Lipinski definition) is 6. The fourth-order valence-electron chi connectivity index (χ4n) is 2.85. The second-order valence-electron chi connectivity index (χ2n) is 6.23. The highest BCUT2D eigenvalue weighted by Crippen LogP contribution is 2.32. The van der Waals surface area contributed by atoms with Gasteiger partial charge in [-0.2, -0.15) is 0 Å². The van der Waals surface area contributed by atoms with Crippen molar-refractivity contribution < 1.29 is 9.53 Å². The molecule has 1 fully saturated rings.